The highest BCUT2D eigenvalue weighted by Gasteiger charge is 2.51. The number of phenols is 1. The SMILES string of the molecule is CCc1c(F)ccc2cc(O)cc(-c3ncc4c(N5CCC[C@H](C)C5)nc(OCC5(CN6CCC7(CC6)CC(N6CCC(c8ccc(C=O)c(C(=O)N(C)C(CCC=O)C(=O)NC)c8)CC6)C7)CC5)nc4c3F)c12. The number of nitrogens with one attached hydrogen (secondary N) is 1. The van der Waals surface area contributed by atoms with Crippen molar-refractivity contribution < 1.29 is 37.8 Å². The van der Waals surface area contributed by atoms with Crippen LogP contribution >= 0.6 is 0 Å². The quantitative estimate of drug-likeness (QED) is 0.0853. The summed E-state index contributed by atoms with van der Waals surface area (Å²) < 4.78 is 38.9. The van der Waals surface area contributed by atoms with Crippen molar-refractivity contribution in [3.8, 4) is 23.0 Å². The van der Waals surface area contributed by atoms with Crippen LogP contribution in [0, 0.1) is 28.4 Å². The molecule has 5 aromatic rings. The molecule has 5 fully saturated rings. The Hall–Kier alpha value is -6.13. The minimum Gasteiger partial charge on any atom is -0.508 e. The third kappa shape index (κ3) is 10.2. The number of phenolic OH excluding ortho intramolecular Hbond substituents is 1. The van der Waals surface area contributed by atoms with E-state index in [1.807, 2.05) is 19.1 Å². The van der Waals surface area contributed by atoms with Gasteiger partial charge in [0, 0.05) is 68.9 Å². The van der Waals surface area contributed by atoms with Crippen LogP contribution in [0.25, 0.3) is 32.9 Å². The Morgan fingerprint density at radius 3 is 2.45 bits per heavy atom. The van der Waals surface area contributed by atoms with E-state index >= 15 is 8.78 Å². The molecule has 2 N–H and O–H groups in total. The first-order valence-electron chi connectivity index (χ1n) is 26.9. The van der Waals surface area contributed by atoms with E-state index in [-0.39, 0.29) is 64.2 Å². The molecule has 74 heavy (non-hydrogen) atoms. The lowest BCUT2D eigenvalue weighted by Gasteiger charge is -2.56. The molecule has 2 atom stereocenters. The summed E-state index contributed by atoms with van der Waals surface area (Å²) in [7, 11) is 3.05. The van der Waals surface area contributed by atoms with E-state index < -0.39 is 23.6 Å². The molecule has 3 saturated heterocycles. The summed E-state index contributed by atoms with van der Waals surface area (Å²) in [6, 6.07) is 11.4. The minimum absolute atomic E-state index is 0.0113. The molecule has 392 valence electrons. The van der Waals surface area contributed by atoms with Crippen LogP contribution < -0.4 is 15.0 Å². The number of aldehydes is 2. The summed E-state index contributed by atoms with van der Waals surface area (Å²) >= 11 is 0. The van der Waals surface area contributed by atoms with Gasteiger partial charge >= 0.3 is 6.01 Å². The molecule has 0 bridgehead atoms. The van der Waals surface area contributed by atoms with Gasteiger partial charge in [0.15, 0.2) is 12.1 Å². The van der Waals surface area contributed by atoms with Crippen LogP contribution in [0.2, 0.25) is 0 Å². The van der Waals surface area contributed by atoms with Crippen LogP contribution in [0.1, 0.15) is 129 Å². The van der Waals surface area contributed by atoms with Gasteiger partial charge in [-0.2, -0.15) is 9.97 Å². The lowest BCUT2D eigenvalue weighted by atomic mass is 9.59. The molecular formula is C58H70F2N8O6. The van der Waals surface area contributed by atoms with Crippen molar-refractivity contribution in [3.05, 3.63) is 82.5 Å². The Bertz CT molecular complexity index is 2940. The zero-order valence-electron chi connectivity index (χ0n) is 43.3. The number of hydrogen-bond donors (Lipinski definition) is 2. The van der Waals surface area contributed by atoms with Crippen LogP contribution in [-0.4, -0.2) is 138 Å². The van der Waals surface area contributed by atoms with Crippen LogP contribution in [0.5, 0.6) is 11.8 Å². The summed E-state index contributed by atoms with van der Waals surface area (Å²) in [5, 5.41) is 14.9. The van der Waals surface area contributed by atoms with E-state index in [2.05, 4.69) is 31.9 Å². The molecule has 5 heterocycles. The maximum Gasteiger partial charge on any atom is 0.319 e. The molecule has 3 aliphatic heterocycles. The largest absolute Gasteiger partial charge is 0.508 e. The van der Waals surface area contributed by atoms with E-state index in [0.29, 0.717) is 69.8 Å². The third-order valence-corrected chi connectivity index (χ3v) is 17.5. The molecule has 2 amide bonds. The Morgan fingerprint density at radius 1 is 0.986 bits per heavy atom. The van der Waals surface area contributed by atoms with Crippen molar-refractivity contribution in [2.75, 3.05) is 71.4 Å². The van der Waals surface area contributed by atoms with Crippen molar-refractivity contribution >= 4 is 51.9 Å². The summed E-state index contributed by atoms with van der Waals surface area (Å²) in [4.78, 5) is 72.7. The number of ether oxygens (including phenoxy) is 1. The van der Waals surface area contributed by atoms with E-state index in [4.69, 9.17) is 14.7 Å². The maximum absolute atomic E-state index is 17.2. The van der Waals surface area contributed by atoms with Crippen molar-refractivity contribution in [2.24, 2.45) is 16.7 Å². The molecule has 3 aromatic carbocycles. The number of hydrogen-bond acceptors (Lipinski definition) is 12. The lowest BCUT2D eigenvalue weighted by molar-refractivity contribution is -0.125. The van der Waals surface area contributed by atoms with Crippen LogP contribution in [0.4, 0.5) is 14.6 Å². The Labute approximate surface area is 432 Å². The van der Waals surface area contributed by atoms with Gasteiger partial charge < -0.3 is 39.6 Å². The van der Waals surface area contributed by atoms with E-state index in [1.54, 1.807) is 31.4 Å². The summed E-state index contributed by atoms with van der Waals surface area (Å²) in [5.74, 6) is -0.603. The smallest absolute Gasteiger partial charge is 0.319 e. The number of carbonyl (C=O) groups excluding carboxylic acids is 4. The van der Waals surface area contributed by atoms with Gasteiger partial charge in [-0.05, 0) is 167 Å². The average molecular weight is 1010 g/mol. The molecule has 10 rings (SSSR count). The predicted octanol–water partition coefficient (Wildman–Crippen LogP) is 8.89. The molecule has 14 nitrogen and oxygen atoms in total. The number of aromatic hydroxyl groups is 1. The number of pyridine rings is 1. The minimum atomic E-state index is -0.826. The number of likely N-dealkylation sites (N-methyl/N-ethyl adjacent to an activating group) is 2. The topological polar surface area (TPSA) is 161 Å². The molecule has 0 radical (unpaired) electrons. The first-order valence-corrected chi connectivity index (χ1v) is 26.9. The molecule has 5 aliphatic rings. The highest BCUT2D eigenvalue weighted by atomic mass is 19.1. The zero-order chi connectivity index (χ0) is 51.9. The fourth-order valence-electron chi connectivity index (χ4n) is 12.9. The number of anilines is 1. The van der Waals surface area contributed by atoms with Gasteiger partial charge in [-0.25, -0.2) is 8.78 Å². The third-order valence-electron chi connectivity index (χ3n) is 17.5. The summed E-state index contributed by atoms with van der Waals surface area (Å²) in [5.41, 5.74) is 2.75. The van der Waals surface area contributed by atoms with Gasteiger partial charge in [-0.3, -0.25) is 19.4 Å². The maximum atomic E-state index is 17.2. The molecule has 16 heteroatoms. The van der Waals surface area contributed by atoms with Crippen LogP contribution in [-0.2, 0) is 16.0 Å². The van der Waals surface area contributed by atoms with E-state index in [1.165, 1.54) is 49.8 Å². The molecule has 2 aliphatic carbocycles. The van der Waals surface area contributed by atoms with E-state index in [0.717, 1.165) is 96.2 Å². The zero-order valence-corrected chi connectivity index (χ0v) is 43.3. The van der Waals surface area contributed by atoms with Crippen molar-refractivity contribution in [2.45, 2.75) is 115 Å². The van der Waals surface area contributed by atoms with Gasteiger partial charge in [0.05, 0.1) is 17.6 Å². The number of fused-ring (bicyclic) bond motifs is 2. The second-order valence-electron chi connectivity index (χ2n) is 22.4. The monoisotopic (exact) mass is 1010 g/mol. The highest BCUT2D eigenvalue weighted by molar-refractivity contribution is 6.04. The van der Waals surface area contributed by atoms with Gasteiger partial charge in [0.1, 0.15) is 40.9 Å². The van der Waals surface area contributed by atoms with E-state index in [9.17, 15) is 24.3 Å². The predicted molar refractivity (Wildman–Crippen MR) is 281 cm³/mol. The Kier molecular flexibility index (Phi) is 14.7. The molecule has 2 aromatic heterocycles. The van der Waals surface area contributed by atoms with Crippen molar-refractivity contribution in [1.82, 2.24) is 35.0 Å². The fourth-order valence-corrected chi connectivity index (χ4v) is 12.9. The Balaban J connectivity index is 0.761. The number of benzene rings is 3. The molecule has 1 unspecified atom stereocenters. The average Bonchev–Trinajstić information content (AvgIpc) is 4.18. The van der Waals surface area contributed by atoms with Gasteiger partial charge in [-0.1, -0.05) is 32.0 Å². The Morgan fingerprint density at radius 2 is 1.76 bits per heavy atom. The number of nitrogens with zero attached hydrogens (tertiary/aromatic N) is 7. The second-order valence-corrected chi connectivity index (χ2v) is 22.4. The molecule has 1 spiro atoms. The first kappa shape index (κ1) is 51.4. The van der Waals surface area contributed by atoms with Gasteiger partial charge in [-0.15, -0.1) is 0 Å². The number of aromatic nitrogens is 3. The summed E-state index contributed by atoms with van der Waals surface area (Å²) in [6.45, 7) is 11.0. The lowest BCUT2D eigenvalue weighted by Crippen LogP contribution is -2.56. The van der Waals surface area contributed by atoms with Crippen LogP contribution in [0.15, 0.2) is 48.7 Å². The fraction of sp³-hybridized carbons (Fsp3) is 0.534. The normalized spacial score (nSPS) is 20.6. The molecular weight excluding hydrogens is 943 g/mol. The molecule has 2 saturated carbocycles. The number of rotatable bonds is 17. The van der Waals surface area contributed by atoms with Gasteiger partial charge in [0.2, 0.25) is 5.91 Å². The number of aryl methyl sites for hydroxylation is 1. The highest BCUT2D eigenvalue weighted by Crippen LogP contribution is 2.53. The number of halogens is 2. The number of amides is 2. The van der Waals surface area contributed by atoms with Crippen molar-refractivity contribution in [3.63, 3.8) is 0 Å². The number of likely N-dealkylation sites (tertiary alicyclic amines) is 2. The number of carbonyl (C=O) groups is 4. The number of piperidine rings is 3. The summed E-state index contributed by atoms with van der Waals surface area (Å²) in [6.07, 6.45) is 14.6. The first-order chi connectivity index (χ1) is 35.7. The van der Waals surface area contributed by atoms with Crippen molar-refractivity contribution in [1.29, 1.82) is 0 Å². The van der Waals surface area contributed by atoms with Gasteiger partial charge in [0.25, 0.3) is 5.91 Å². The van der Waals surface area contributed by atoms with Crippen LogP contribution in [0.3, 0.4) is 0 Å². The second kappa shape index (κ2) is 21.2. The standard InChI is InChI=1S/C58H70F2N8O6/c1-5-43-47(59)13-12-39-26-42(71)28-45(49(39)43)51-50(60)52-46(31-62-51)53(68-20-6-8-36(2)32-68)64-56(63-52)74-35-58(16-17-58)34-66-23-18-57(19-24-66)29-41(30-57)67-21-14-37(15-22-67)38-10-11-40(33-70)44(27-38)55(73)65(4)48(9-7-25-69)54(72)61-3/h10-13,25-28,31,33,36-37,41,48,71H,5-9,14-24,29-30,32,34-35H2,1-4H3,(H,61,72)/t36-,48?/m0/s1.